The van der Waals surface area contributed by atoms with Gasteiger partial charge in [0.2, 0.25) is 5.82 Å². The standard InChI is InChI=1S/C14H13BrF5N/c15-14(5-7-1-3-21(14)4-2-7)6-8-9(16)11(18)13(20)12(19)10(8)17/h7H,1-6H2. The molecule has 1 nitrogen and oxygen atoms in total. The van der Waals surface area contributed by atoms with E-state index >= 15 is 0 Å². The number of piperidine rings is 3. The van der Waals surface area contributed by atoms with Gasteiger partial charge in [0, 0.05) is 12.0 Å². The Labute approximate surface area is 127 Å². The Balaban J connectivity index is 1.99. The van der Waals surface area contributed by atoms with E-state index in [2.05, 4.69) is 15.9 Å². The van der Waals surface area contributed by atoms with Crippen molar-refractivity contribution >= 4 is 15.9 Å². The first-order valence-electron chi connectivity index (χ1n) is 6.78. The summed E-state index contributed by atoms with van der Waals surface area (Å²) in [5, 5.41) is 0. The van der Waals surface area contributed by atoms with Crippen LogP contribution in [0.4, 0.5) is 22.0 Å². The van der Waals surface area contributed by atoms with Gasteiger partial charge in [0.1, 0.15) is 0 Å². The molecule has 4 rings (SSSR count). The van der Waals surface area contributed by atoms with Crippen molar-refractivity contribution in [2.45, 2.75) is 30.1 Å². The minimum atomic E-state index is -2.11. The average molecular weight is 370 g/mol. The second-order valence-corrected chi connectivity index (χ2v) is 7.25. The van der Waals surface area contributed by atoms with Crippen LogP contribution in [0.15, 0.2) is 0 Å². The molecule has 21 heavy (non-hydrogen) atoms. The number of hydrogen-bond donors (Lipinski definition) is 0. The lowest BCUT2D eigenvalue weighted by atomic mass is 9.81. The number of nitrogens with zero attached hydrogens (tertiary/aromatic N) is 1. The van der Waals surface area contributed by atoms with Gasteiger partial charge in [-0.15, -0.1) is 0 Å². The number of rotatable bonds is 2. The van der Waals surface area contributed by atoms with Crippen LogP contribution in [-0.2, 0) is 6.42 Å². The molecule has 0 aromatic heterocycles. The lowest BCUT2D eigenvalue weighted by Gasteiger charge is -2.51. The molecule has 0 amide bonds. The van der Waals surface area contributed by atoms with Gasteiger partial charge in [-0.3, -0.25) is 4.90 Å². The molecule has 0 radical (unpaired) electrons. The molecular weight excluding hydrogens is 357 g/mol. The lowest BCUT2D eigenvalue weighted by molar-refractivity contribution is 0.0317. The summed E-state index contributed by atoms with van der Waals surface area (Å²) in [5.74, 6) is -8.90. The summed E-state index contributed by atoms with van der Waals surface area (Å²) >= 11 is 3.48. The molecule has 0 N–H and O–H groups in total. The van der Waals surface area contributed by atoms with Gasteiger partial charge in [0.05, 0.1) is 4.45 Å². The molecule has 1 aromatic rings. The first kappa shape index (κ1) is 15.2. The van der Waals surface area contributed by atoms with E-state index in [9.17, 15) is 22.0 Å². The Bertz CT molecular complexity index is 556. The van der Waals surface area contributed by atoms with E-state index in [0.717, 1.165) is 25.9 Å². The Morgan fingerprint density at radius 1 is 0.905 bits per heavy atom. The molecule has 0 aliphatic carbocycles. The molecule has 1 aromatic carbocycles. The van der Waals surface area contributed by atoms with Crippen LogP contribution in [0.5, 0.6) is 0 Å². The van der Waals surface area contributed by atoms with Gasteiger partial charge in [0.25, 0.3) is 0 Å². The molecule has 3 saturated heterocycles. The maximum absolute atomic E-state index is 13.8. The third-order valence-corrected chi connectivity index (χ3v) is 5.64. The molecule has 7 heteroatoms. The van der Waals surface area contributed by atoms with E-state index in [-0.39, 0.29) is 6.42 Å². The number of alkyl halides is 1. The highest BCUT2D eigenvalue weighted by molar-refractivity contribution is 9.10. The predicted octanol–water partition coefficient (Wildman–Crippen LogP) is 4.13. The summed E-state index contributed by atoms with van der Waals surface area (Å²) < 4.78 is 66.5. The minimum absolute atomic E-state index is 0.241. The molecule has 3 aliphatic rings. The molecule has 3 heterocycles. The van der Waals surface area contributed by atoms with Crippen LogP contribution in [0.2, 0.25) is 0 Å². The van der Waals surface area contributed by atoms with Crippen molar-refractivity contribution in [3.05, 3.63) is 34.6 Å². The molecule has 3 fully saturated rings. The summed E-state index contributed by atoms with van der Waals surface area (Å²) in [4.78, 5) is 2.02. The van der Waals surface area contributed by atoms with Crippen LogP contribution in [0, 0.1) is 35.0 Å². The quantitative estimate of drug-likeness (QED) is 0.249. The summed E-state index contributed by atoms with van der Waals surface area (Å²) in [6.45, 7) is 1.54. The van der Waals surface area contributed by atoms with E-state index in [4.69, 9.17) is 0 Å². The smallest absolute Gasteiger partial charge is 0.200 e. The van der Waals surface area contributed by atoms with Gasteiger partial charge in [-0.1, -0.05) is 15.9 Å². The molecule has 3 aliphatic heterocycles. The normalized spacial score (nSPS) is 31.7. The van der Waals surface area contributed by atoms with Crippen LogP contribution in [0.25, 0.3) is 0 Å². The third kappa shape index (κ3) is 2.38. The van der Waals surface area contributed by atoms with Crippen LogP contribution >= 0.6 is 15.9 Å². The van der Waals surface area contributed by atoms with Crippen molar-refractivity contribution in [1.82, 2.24) is 4.90 Å². The third-order valence-electron chi connectivity index (χ3n) is 4.53. The largest absolute Gasteiger partial charge is 0.288 e. The summed E-state index contributed by atoms with van der Waals surface area (Å²) in [5.41, 5.74) is -0.740. The van der Waals surface area contributed by atoms with Crippen molar-refractivity contribution in [1.29, 1.82) is 0 Å². The second-order valence-electron chi connectivity index (χ2n) is 5.78. The van der Waals surface area contributed by atoms with E-state index < -0.39 is 39.1 Å². The van der Waals surface area contributed by atoms with Crippen LogP contribution in [-0.4, -0.2) is 22.4 Å². The maximum Gasteiger partial charge on any atom is 0.200 e. The van der Waals surface area contributed by atoms with E-state index in [1.54, 1.807) is 0 Å². The van der Waals surface area contributed by atoms with Crippen LogP contribution in [0.1, 0.15) is 24.8 Å². The Kier molecular flexibility index (Phi) is 3.76. The highest BCUT2D eigenvalue weighted by Crippen LogP contribution is 2.45. The van der Waals surface area contributed by atoms with Crippen molar-refractivity contribution in [3.8, 4) is 0 Å². The number of halogens is 6. The summed E-state index contributed by atoms with van der Waals surface area (Å²) in [7, 11) is 0. The Morgan fingerprint density at radius 3 is 1.81 bits per heavy atom. The average Bonchev–Trinajstić information content (AvgIpc) is 2.48. The SMILES string of the molecule is Fc1c(F)c(F)c(CC2(Br)CC3CCN2CC3)c(F)c1F. The predicted molar refractivity (Wildman–Crippen MR) is 70.5 cm³/mol. The van der Waals surface area contributed by atoms with Crippen molar-refractivity contribution in [3.63, 3.8) is 0 Å². The van der Waals surface area contributed by atoms with Gasteiger partial charge in [-0.2, -0.15) is 0 Å². The van der Waals surface area contributed by atoms with Gasteiger partial charge in [-0.25, -0.2) is 22.0 Å². The minimum Gasteiger partial charge on any atom is -0.288 e. The Hall–Kier alpha value is -0.690. The molecule has 2 bridgehead atoms. The molecule has 0 spiro atoms. The fourth-order valence-corrected chi connectivity index (χ4v) is 4.46. The zero-order valence-electron chi connectivity index (χ0n) is 11.0. The van der Waals surface area contributed by atoms with E-state index in [0.29, 0.717) is 12.3 Å². The van der Waals surface area contributed by atoms with Crippen LogP contribution in [0.3, 0.4) is 0 Å². The highest BCUT2D eigenvalue weighted by Gasteiger charge is 2.45. The lowest BCUT2D eigenvalue weighted by Crippen LogP contribution is -2.56. The van der Waals surface area contributed by atoms with Crippen LogP contribution < -0.4 is 0 Å². The molecule has 116 valence electrons. The zero-order valence-corrected chi connectivity index (χ0v) is 12.6. The Morgan fingerprint density at radius 2 is 1.38 bits per heavy atom. The van der Waals surface area contributed by atoms with Gasteiger partial charge < -0.3 is 0 Å². The summed E-state index contributed by atoms with van der Waals surface area (Å²) in [6, 6.07) is 0. The van der Waals surface area contributed by atoms with Gasteiger partial charge in [-0.05, 0) is 38.3 Å². The molecule has 0 saturated carbocycles. The van der Waals surface area contributed by atoms with Crippen molar-refractivity contribution in [2.24, 2.45) is 5.92 Å². The molecule has 1 unspecified atom stereocenters. The summed E-state index contributed by atoms with van der Waals surface area (Å²) in [6.07, 6.45) is 2.41. The van der Waals surface area contributed by atoms with E-state index in [1.807, 2.05) is 4.90 Å². The van der Waals surface area contributed by atoms with E-state index in [1.165, 1.54) is 0 Å². The van der Waals surface area contributed by atoms with Gasteiger partial charge in [0.15, 0.2) is 23.3 Å². The number of hydrogen-bond acceptors (Lipinski definition) is 1. The monoisotopic (exact) mass is 369 g/mol. The molecular formula is C14H13BrF5N. The number of fused-ring (bicyclic) bond motifs is 3. The van der Waals surface area contributed by atoms with Crippen molar-refractivity contribution < 1.29 is 22.0 Å². The number of benzene rings is 1. The topological polar surface area (TPSA) is 3.24 Å². The maximum atomic E-state index is 13.8. The van der Waals surface area contributed by atoms with Gasteiger partial charge >= 0.3 is 0 Å². The van der Waals surface area contributed by atoms with Crippen molar-refractivity contribution in [2.75, 3.05) is 13.1 Å². The fraction of sp³-hybridized carbons (Fsp3) is 0.571. The first-order chi connectivity index (χ1) is 9.83. The second kappa shape index (κ2) is 5.19. The zero-order chi connectivity index (χ0) is 15.4. The fourth-order valence-electron chi connectivity index (χ4n) is 3.37. The highest BCUT2D eigenvalue weighted by atomic mass is 79.9. The molecule has 1 atom stereocenters. The first-order valence-corrected chi connectivity index (χ1v) is 7.57.